The van der Waals surface area contributed by atoms with Crippen molar-refractivity contribution >= 4 is 11.8 Å². The molecule has 0 fully saturated rings. The molecule has 0 aliphatic carbocycles. The second kappa shape index (κ2) is 8.43. The number of para-hydroxylation sites is 1. The molecule has 0 saturated carbocycles. The molecular formula is C14H23NOS. The molecule has 1 aromatic rings. The van der Waals surface area contributed by atoms with Crippen LogP contribution in [0.3, 0.4) is 0 Å². The van der Waals surface area contributed by atoms with E-state index < -0.39 is 0 Å². The van der Waals surface area contributed by atoms with Crippen LogP contribution in [0, 0.1) is 6.92 Å². The molecule has 0 aliphatic heterocycles. The highest BCUT2D eigenvalue weighted by atomic mass is 32.2. The van der Waals surface area contributed by atoms with Gasteiger partial charge in [-0.15, -0.1) is 0 Å². The Hall–Kier alpha value is -0.670. The summed E-state index contributed by atoms with van der Waals surface area (Å²) < 4.78 is 5.91. The van der Waals surface area contributed by atoms with Gasteiger partial charge in [0.1, 0.15) is 5.75 Å². The smallest absolute Gasteiger partial charge is 0.126 e. The van der Waals surface area contributed by atoms with Crippen molar-refractivity contribution in [3.8, 4) is 5.75 Å². The van der Waals surface area contributed by atoms with Gasteiger partial charge in [-0.2, -0.15) is 11.8 Å². The Bertz CT molecular complexity index is 328. The van der Waals surface area contributed by atoms with E-state index in [-0.39, 0.29) is 0 Å². The van der Waals surface area contributed by atoms with Crippen LogP contribution in [0.2, 0.25) is 0 Å². The number of rotatable bonds is 8. The van der Waals surface area contributed by atoms with E-state index in [1.807, 2.05) is 11.8 Å². The Morgan fingerprint density at radius 3 is 2.88 bits per heavy atom. The fourth-order valence-electron chi connectivity index (χ4n) is 1.70. The van der Waals surface area contributed by atoms with Crippen molar-refractivity contribution < 1.29 is 4.74 Å². The monoisotopic (exact) mass is 253 g/mol. The summed E-state index contributed by atoms with van der Waals surface area (Å²) in [6.07, 6.45) is 3.24. The summed E-state index contributed by atoms with van der Waals surface area (Å²) >= 11 is 1.87. The Labute approximate surface area is 109 Å². The highest BCUT2D eigenvalue weighted by Gasteiger charge is 2.06. The zero-order valence-corrected chi connectivity index (χ0v) is 11.9. The summed E-state index contributed by atoms with van der Waals surface area (Å²) in [6, 6.07) is 6.34. The van der Waals surface area contributed by atoms with Crippen LogP contribution < -0.4 is 10.1 Å². The number of aryl methyl sites for hydroxylation is 1. The maximum atomic E-state index is 5.91. The van der Waals surface area contributed by atoms with Crippen LogP contribution in [0.5, 0.6) is 5.75 Å². The predicted molar refractivity (Wildman–Crippen MR) is 77.1 cm³/mol. The molecule has 3 heteroatoms. The number of thioether (sulfide) groups is 1. The third-order valence-electron chi connectivity index (χ3n) is 2.60. The Morgan fingerprint density at radius 1 is 1.35 bits per heavy atom. The van der Waals surface area contributed by atoms with Gasteiger partial charge in [0, 0.05) is 12.1 Å². The van der Waals surface area contributed by atoms with Crippen molar-refractivity contribution in [2.75, 3.05) is 25.2 Å². The lowest BCUT2D eigenvalue weighted by Gasteiger charge is -2.14. The number of benzene rings is 1. The van der Waals surface area contributed by atoms with Crippen LogP contribution >= 0.6 is 11.8 Å². The van der Waals surface area contributed by atoms with Crippen LogP contribution in [0.15, 0.2) is 18.2 Å². The van der Waals surface area contributed by atoms with Gasteiger partial charge in [0.25, 0.3) is 0 Å². The molecule has 17 heavy (non-hydrogen) atoms. The first-order valence-electron chi connectivity index (χ1n) is 6.20. The van der Waals surface area contributed by atoms with Gasteiger partial charge >= 0.3 is 0 Å². The lowest BCUT2D eigenvalue weighted by atomic mass is 10.1. The zero-order valence-electron chi connectivity index (χ0n) is 11.1. The van der Waals surface area contributed by atoms with Gasteiger partial charge in [-0.05, 0) is 37.5 Å². The summed E-state index contributed by atoms with van der Waals surface area (Å²) in [6.45, 7) is 6.91. The molecular weight excluding hydrogens is 230 g/mol. The van der Waals surface area contributed by atoms with E-state index in [1.165, 1.54) is 11.1 Å². The first-order chi connectivity index (χ1) is 8.29. The molecule has 0 atom stereocenters. The molecule has 96 valence electrons. The average Bonchev–Trinajstić information content (AvgIpc) is 2.34. The molecule has 0 aliphatic rings. The van der Waals surface area contributed by atoms with Gasteiger partial charge in [-0.1, -0.05) is 25.1 Å². The van der Waals surface area contributed by atoms with E-state index in [4.69, 9.17) is 4.74 Å². The topological polar surface area (TPSA) is 21.3 Å². The van der Waals surface area contributed by atoms with Gasteiger partial charge in [0.15, 0.2) is 0 Å². The molecule has 0 saturated heterocycles. The van der Waals surface area contributed by atoms with E-state index >= 15 is 0 Å². The Balaban J connectivity index is 2.60. The number of ether oxygens (including phenoxy) is 1. The molecule has 0 spiro atoms. The number of hydrogen-bond donors (Lipinski definition) is 1. The van der Waals surface area contributed by atoms with Gasteiger partial charge in [0.05, 0.1) is 6.61 Å². The van der Waals surface area contributed by atoms with Crippen molar-refractivity contribution in [1.82, 2.24) is 5.32 Å². The number of hydrogen-bond acceptors (Lipinski definition) is 3. The summed E-state index contributed by atoms with van der Waals surface area (Å²) in [5, 5.41) is 3.35. The molecule has 2 nitrogen and oxygen atoms in total. The average molecular weight is 253 g/mol. The molecule has 1 aromatic carbocycles. The Kier molecular flexibility index (Phi) is 7.13. The highest BCUT2D eigenvalue weighted by Crippen LogP contribution is 2.23. The number of nitrogens with one attached hydrogen (secondary N) is 1. The molecule has 0 bridgehead atoms. The largest absolute Gasteiger partial charge is 0.493 e. The first-order valence-corrected chi connectivity index (χ1v) is 7.60. The fourth-order valence-corrected chi connectivity index (χ4v) is 2.10. The minimum Gasteiger partial charge on any atom is -0.493 e. The lowest BCUT2D eigenvalue weighted by molar-refractivity contribution is 0.312. The predicted octanol–water partition coefficient (Wildman–Crippen LogP) is 3.24. The highest BCUT2D eigenvalue weighted by molar-refractivity contribution is 7.98. The van der Waals surface area contributed by atoms with Crippen molar-refractivity contribution in [2.45, 2.75) is 26.8 Å². The van der Waals surface area contributed by atoms with E-state index in [2.05, 4.69) is 43.6 Å². The van der Waals surface area contributed by atoms with Crippen molar-refractivity contribution in [3.05, 3.63) is 29.3 Å². The van der Waals surface area contributed by atoms with Crippen LogP contribution in [0.25, 0.3) is 0 Å². The van der Waals surface area contributed by atoms with Crippen molar-refractivity contribution in [2.24, 2.45) is 0 Å². The minimum atomic E-state index is 0.810. The van der Waals surface area contributed by atoms with E-state index in [0.29, 0.717) is 0 Å². The van der Waals surface area contributed by atoms with Gasteiger partial charge in [-0.25, -0.2) is 0 Å². The molecule has 1 N–H and O–H groups in total. The van der Waals surface area contributed by atoms with Crippen LogP contribution in [0.4, 0.5) is 0 Å². The first kappa shape index (κ1) is 14.4. The maximum absolute atomic E-state index is 5.91. The summed E-state index contributed by atoms with van der Waals surface area (Å²) in [5.74, 6) is 2.23. The van der Waals surface area contributed by atoms with Crippen LogP contribution in [-0.2, 0) is 6.54 Å². The summed E-state index contributed by atoms with van der Waals surface area (Å²) in [5.41, 5.74) is 2.49. The molecule has 0 radical (unpaired) electrons. The van der Waals surface area contributed by atoms with Crippen LogP contribution in [0.1, 0.15) is 24.5 Å². The summed E-state index contributed by atoms with van der Waals surface area (Å²) in [4.78, 5) is 0. The molecule has 0 heterocycles. The van der Waals surface area contributed by atoms with E-state index in [0.717, 1.165) is 37.6 Å². The van der Waals surface area contributed by atoms with Gasteiger partial charge < -0.3 is 10.1 Å². The third kappa shape index (κ3) is 5.00. The SMILES string of the molecule is CCNCc1cccc(C)c1OCCCSC. The normalized spacial score (nSPS) is 10.5. The molecule has 0 amide bonds. The van der Waals surface area contributed by atoms with E-state index in [1.54, 1.807) is 0 Å². The lowest BCUT2D eigenvalue weighted by Crippen LogP contribution is -2.13. The van der Waals surface area contributed by atoms with E-state index in [9.17, 15) is 0 Å². The maximum Gasteiger partial charge on any atom is 0.126 e. The van der Waals surface area contributed by atoms with Crippen LogP contribution in [-0.4, -0.2) is 25.2 Å². The van der Waals surface area contributed by atoms with Crippen molar-refractivity contribution in [3.63, 3.8) is 0 Å². The minimum absolute atomic E-state index is 0.810. The second-order valence-corrected chi connectivity index (χ2v) is 5.02. The second-order valence-electron chi connectivity index (χ2n) is 4.04. The van der Waals surface area contributed by atoms with Crippen molar-refractivity contribution in [1.29, 1.82) is 0 Å². The fraction of sp³-hybridized carbons (Fsp3) is 0.571. The molecule has 0 aromatic heterocycles. The van der Waals surface area contributed by atoms with Gasteiger partial charge in [0.2, 0.25) is 0 Å². The zero-order chi connectivity index (χ0) is 12.5. The molecule has 0 unspecified atom stereocenters. The third-order valence-corrected chi connectivity index (χ3v) is 3.30. The quantitative estimate of drug-likeness (QED) is 0.719. The van der Waals surface area contributed by atoms with Gasteiger partial charge in [-0.3, -0.25) is 0 Å². The standard InChI is InChI=1S/C14H23NOS/c1-4-15-11-13-8-5-7-12(2)14(13)16-9-6-10-17-3/h5,7-8,15H,4,6,9-11H2,1-3H3. The molecule has 1 rings (SSSR count). The summed E-state index contributed by atoms with van der Waals surface area (Å²) in [7, 11) is 0. The Morgan fingerprint density at radius 2 is 2.18 bits per heavy atom.